The van der Waals surface area contributed by atoms with Crippen LogP contribution in [-0.2, 0) is 14.8 Å². The molecule has 2 N–H and O–H groups in total. The smallest absolute Gasteiger partial charge is 0.399 e. The number of rotatable bonds is 3. The average Bonchev–Trinajstić information content (AvgIpc) is 2.76. The van der Waals surface area contributed by atoms with E-state index in [1.54, 1.807) is 0 Å². The van der Waals surface area contributed by atoms with E-state index in [2.05, 4.69) is 52.0 Å². The lowest BCUT2D eigenvalue weighted by Gasteiger charge is -2.32. The monoisotopic (exact) mass is 323 g/mol. The Labute approximate surface area is 145 Å². The van der Waals surface area contributed by atoms with Crippen LogP contribution in [-0.4, -0.2) is 18.3 Å². The summed E-state index contributed by atoms with van der Waals surface area (Å²) >= 11 is 0. The first-order valence-corrected chi connectivity index (χ1v) is 8.44. The fourth-order valence-corrected chi connectivity index (χ4v) is 2.92. The van der Waals surface area contributed by atoms with E-state index in [0.29, 0.717) is 0 Å². The van der Waals surface area contributed by atoms with Crippen molar-refractivity contribution in [2.24, 2.45) is 5.73 Å². The standard InChI is InChI=1S/C20H26BNO2/c1-18(2)19(3,4)24-21(23-18)17-13-11-16(12-14-17)20(5,22)15-9-7-6-8-10-15/h6-14H,22H2,1-5H3. The Morgan fingerprint density at radius 3 is 1.75 bits per heavy atom. The van der Waals surface area contributed by atoms with Crippen molar-refractivity contribution in [3.63, 3.8) is 0 Å². The number of hydrogen-bond donors (Lipinski definition) is 1. The third kappa shape index (κ3) is 2.90. The molecule has 2 aromatic carbocycles. The van der Waals surface area contributed by atoms with E-state index in [1.807, 2.05) is 37.3 Å². The first-order valence-electron chi connectivity index (χ1n) is 8.44. The van der Waals surface area contributed by atoms with Gasteiger partial charge in [0.2, 0.25) is 0 Å². The normalized spacial score (nSPS) is 21.5. The molecule has 0 saturated carbocycles. The van der Waals surface area contributed by atoms with Crippen LogP contribution < -0.4 is 11.2 Å². The minimum atomic E-state index is -0.532. The van der Waals surface area contributed by atoms with Crippen molar-refractivity contribution < 1.29 is 9.31 Å². The number of hydrogen-bond acceptors (Lipinski definition) is 3. The molecule has 0 radical (unpaired) electrons. The molecule has 126 valence electrons. The van der Waals surface area contributed by atoms with Gasteiger partial charge < -0.3 is 15.0 Å². The zero-order valence-electron chi connectivity index (χ0n) is 15.2. The fraction of sp³-hybridized carbons (Fsp3) is 0.400. The molecule has 0 spiro atoms. The van der Waals surface area contributed by atoms with E-state index in [0.717, 1.165) is 16.6 Å². The lowest BCUT2D eigenvalue weighted by molar-refractivity contribution is 0.00578. The maximum Gasteiger partial charge on any atom is 0.494 e. The highest BCUT2D eigenvalue weighted by Gasteiger charge is 2.51. The van der Waals surface area contributed by atoms with Crippen molar-refractivity contribution in [3.8, 4) is 0 Å². The Morgan fingerprint density at radius 1 is 0.792 bits per heavy atom. The molecule has 1 aliphatic rings. The fourth-order valence-electron chi connectivity index (χ4n) is 2.92. The molecule has 3 rings (SSSR count). The van der Waals surface area contributed by atoms with Crippen LogP contribution in [0.1, 0.15) is 45.7 Å². The molecule has 1 saturated heterocycles. The molecule has 0 amide bonds. The van der Waals surface area contributed by atoms with Crippen molar-refractivity contribution in [1.82, 2.24) is 0 Å². The summed E-state index contributed by atoms with van der Waals surface area (Å²) in [5, 5.41) is 0. The van der Waals surface area contributed by atoms with Crippen molar-refractivity contribution in [2.45, 2.75) is 51.4 Å². The van der Waals surface area contributed by atoms with E-state index in [4.69, 9.17) is 15.0 Å². The van der Waals surface area contributed by atoms with Crippen molar-refractivity contribution >= 4 is 12.6 Å². The Morgan fingerprint density at radius 2 is 1.25 bits per heavy atom. The van der Waals surface area contributed by atoms with E-state index in [9.17, 15) is 0 Å². The molecular formula is C20H26BNO2. The molecular weight excluding hydrogens is 297 g/mol. The second-order valence-corrected chi connectivity index (χ2v) is 7.78. The van der Waals surface area contributed by atoms with E-state index >= 15 is 0 Å². The molecule has 0 aromatic heterocycles. The maximum atomic E-state index is 6.59. The predicted molar refractivity (Wildman–Crippen MR) is 99.2 cm³/mol. The second-order valence-electron chi connectivity index (χ2n) is 7.78. The first kappa shape index (κ1) is 17.2. The quantitative estimate of drug-likeness (QED) is 0.882. The summed E-state index contributed by atoms with van der Waals surface area (Å²) in [5.74, 6) is 0. The molecule has 24 heavy (non-hydrogen) atoms. The molecule has 1 fully saturated rings. The van der Waals surface area contributed by atoms with Gasteiger partial charge >= 0.3 is 7.12 Å². The summed E-state index contributed by atoms with van der Waals surface area (Å²) in [6.07, 6.45) is 0. The van der Waals surface area contributed by atoms with Gasteiger partial charge in [-0.05, 0) is 51.2 Å². The third-order valence-electron chi connectivity index (χ3n) is 5.41. The molecule has 3 nitrogen and oxygen atoms in total. The summed E-state index contributed by atoms with van der Waals surface area (Å²) in [4.78, 5) is 0. The van der Waals surface area contributed by atoms with Gasteiger partial charge in [0.1, 0.15) is 0 Å². The zero-order valence-corrected chi connectivity index (χ0v) is 15.2. The first-order chi connectivity index (χ1) is 11.1. The van der Waals surface area contributed by atoms with Gasteiger partial charge in [-0.1, -0.05) is 54.6 Å². The lowest BCUT2D eigenvalue weighted by Crippen LogP contribution is -2.41. The van der Waals surface area contributed by atoms with Gasteiger partial charge in [0.25, 0.3) is 0 Å². The highest BCUT2D eigenvalue weighted by atomic mass is 16.7. The Bertz CT molecular complexity index is 692. The van der Waals surface area contributed by atoms with Crippen LogP contribution in [0.4, 0.5) is 0 Å². The van der Waals surface area contributed by atoms with Crippen molar-refractivity contribution in [2.75, 3.05) is 0 Å². The Balaban J connectivity index is 1.85. The zero-order chi connectivity index (χ0) is 17.6. The highest BCUT2D eigenvalue weighted by Crippen LogP contribution is 2.36. The van der Waals surface area contributed by atoms with E-state index in [1.165, 1.54) is 0 Å². The Hall–Kier alpha value is -1.62. The molecule has 1 aliphatic heterocycles. The van der Waals surface area contributed by atoms with Crippen molar-refractivity contribution in [1.29, 1.82) is 0 Å². The van der Waals surface area contributed by atoms with Crippen LogP contribution >= 0.6 is 0 Å². The minimum Gasteiger partial charge on any atom is -0.399 e. The van der Waals surface area contributed by atoms with Gasteiger partial charge in [0.05, 0.1) is 16.7 Å². The van der Waals surface area contributed by atoms with E-state index < -0.39 is 5.54 Å². The van der Waals surface area contributed by atoms with Crippen LogP contribution in [0.2, 0.25) is 0 Å². The maximum absolute atomic E-state index is 6.59. The molecule has 4 heteroatoms. The van der Waals surface area contributed by atoms with Crippen LogP contribution in [0.3, 0.4) is 0 Å². The SMILES string of the molecule is CC(N)(c1ccccc1)c1ccc(B2OC(C)(C)C(C)(C)O2)cc1. The molecule has 1 atom stereocenters. The number of benzene rings is 2. The topological polar surface area (TPSA) is 44.5 Å². The third-order valence-corrected chi connectivity index (χ3v) is 5.41. The van der Waals surface area contributed by atoms with E-state index in [-0.39, 0.29) is 18.3 Å². The van der Waals surface area contributed by atoms with Crippen LogP contribution in [0.15, 0.2) is 54.6 Å². The van der Waals surface area contributed by atoms with Crippen LogP contribution in [0.25, 0.3) is 0 Å². The summed E-state index contributed by atoms with van der Waals surface area (Å²) in [6.45, 7) is 10.3. The Kier molecular flexibility index (Phi) is 4.11. The highest BCUT2D eigenvalue weighted by molar-refractivity contribution is 6.62. The van der Waals surface area contributed by atoms with Gasteiger partial charge in [-0.2, -0.15) is 0 Å². The molecule has 1 heterocycles. The number of nitrogens with two attached hydrogens (primary N) is 1. The summed E-state index contributed by atoms with van der Waals surface area (Å²) < 4.78 is 12.2. The molecule has 1 unspecified atom stereocenters. The molecule has 0 aliphatic carbocycles. The molecule has 0 bridgehead atoms. The lowest BCUT2D eigenvalue weighted by atomic mass is 9.77. The van der Waals surface area contributed by atoms with Gasteiger partial charge in [-0.15, -0.1) is 0 Å². The average molecular weight is 323 g/mol. The summed E-state index contributed by atoms with van der Waals surface area (Å²) in [7, 11) is -0.343. The largest absolute Gasteiger partial charge is 0.494 e. The van der Waals surface area contributed by atoms with Crippen LogP contribution in [0, 0.1) is 0 Å². The predicted octanol–water partition coefficient (Wildman–Crippen LogP) is 3.21. The minimum absolute atomic E-state index is 0.331. The van der Waals surface area contributed by atoms with Gasteiger partial charge in [0.15, 0.2) is 0 Å². The van der Waals surface area contributed by atoms with Crippen LogP contribution in [0.5, 0.6) is 0 Å². The van der Waals surface area contributed by atoms with Gasteiger partial charge in [0, 0.05) is 0 Å². The van der Waals surface area contributed by atoms with Crippen molar-refractivity contribution in [3.05, 3.63) is 65.7 Å². The summed E-state index contributed by atoms with van der Waals surface area (Å²) in [6, 6.07) is 18.4. The summed E-state index contributed by atoms with van der Waals surface area (Å²) in [5.41, 5.74) is 8.56. The van der Waals surface area contributed by atoms with Gasteiger partial charge in [-0.25, -0.2) is 0 Å². The second kappa shape index (κ2) is 5.73. The molecule has 2 aromatic rings. The van der Waals surface area contributed by atoms with Gasteiger partial charge in [-0.3, -0.25) is 0 Å².